The van der Waals surface area contributed by atoms with Gasteiger partial charge in [-0.3, -0.25) is 4.79 Å². The van der Waals surface area contributed by atoms with Crippen molar-refractivity contribution < 1.29 is 18.0 Å². The number of carbonyl (C=O) groups excluding carboxylic acids is 1. The first kappa shape index (κ1) is 20.1. The normalized spacial score (nSPS) is 16.0. The van der Waals surface area contributed by atoms with Crippen molar-refractivity contribution >= 4 is 29.0 Å². The molecule has 1 aliphatic rings. The maximum atomic E-state index is 14.5. The molecule has 1 N–H and O–H groups in total. The Morgan fingerprint density at radius 2 is 1.90 bits per heavy atom. The third-order valence-corrected chi connectivity index (χ3v) is 4.84. The van der Waals surface area contributed by atoms with Crippen molar-refractivity contribution in [2.75, 3.05) is 23.3 Å². The Bertz CT molecular complexity index is 1100. The molecule has 30 heavy (non-hydrogen) atoms. The summed E-state index contributed by atoms with van der Waals surface area (Å²) in [6, 6.07) is 4.45. The van der Waals surface area contributed by atoms with Crippen molar-refractivity contribution in [3.63, 3.8) is 0 Å². The smallest absolute Gasteiger partial charge is 0.293 e. The van der Waals surface area contributed by atoms with E-state index in [9.17, 15) is 18.0 Å². The molecule has 0 bridgehead atoms. The van der Waals surface area contributed by atoms with Gasteiger partial charge in [-0.15, -0.1) is 0 Å². The molecule has 1 aliphatic heterocycles. The van der Waals surface area contributed by atoms with Gasteiger partial charge in [-0.2, -0.15) is 0 Å². The first-order valence-electron chi connectivity index (χ1n) is 9.04. The number of carbonyl (C=O) groups is 1. The molecule has 1 amide bonds. The van der Waals surface area contributed by atoms with E-state index in [0.29, 0.717) is 13.0 Å². The summed E-state index contributed by atoms with van der Waals surface area (Å²) in [5, 5.41) is 2.88. The van der Waals surface area contributed by atoms with Gasteiger partial charge in [-0.05, 0) is 30.7 Å². The standard InChI is InChI=1S/C20H15ClF3N5O/c21-11-8-26-18(27-9-11)20(30)28-17-14(15-7-12(22)1-2-16(15)24)3-5-25-19(17)29-6-4-13(23)10-29/h1-3,5,7-9,13H,4,6,10H2,(H,28,30). The Balaban J connectivity index is 1.81. The van der Waals surface area contributed by atoms with E-state index in [2.05, 4.69) is 20.3 Å². The van der Waals surface area contributed by atoms with E-state index < -0.39 is 23.7 Å². The topological polar surface area (TPSA) is 71.0 Å². The van der Waals surface area contributed by atoms with Crippen molar-refractivity contribution in [1.29, 1.82) is 0 Å². The Labute approximate surface area is 174 Å². The second kappa shape index (κ2) is 8.27. The van der Waals surface area contributed by atoms with Gasteiger partial charge in [0.1, 0.15) is 17.8 Å². The summed E-state index contributed by atoms with van der Waals surface area (Å²) in [7, 11) is 0. The van der Waals surface area contributed by atoms with Crippen LogP contribution < -0.4 is 10.2 Å². The van der Waals surface area contributed by atoms with Gasteiger partial charge >= 0.3 is 0 Å². The fourth-order valence-electron chi connectivity index (χ4n) is 3.25. The van der Waals surface area contributed by atoms with Gasteiger partial charge in [0.05, 0.1) is 17.3 Å². The Hall–Kier alpha value is -3.20. The van der Waals surface area contributed by atoms with E-state index in [1.165, 1.54) is 24.7 Å². The Kier molecular flexibility index (Phi) is 5.54. The van der Waals surface area contributed by atoms with Crippen LogP contribution in [0.1, 0.15) is 17.0 Å². The van der Waals surface area contributed by atoms with Crippen LogP contribution in [0.25, 0.3) is 11.1 Å². The number of alkyl halides is 1. The molecule has 0 saturated carbocycles. The number of anilines is 2. The van der Waals surface area contributed by atoms with Crippen LogP contribution >= 0.6 is 11.6 Å². The molecule has 2 aromatic heterocycles. The molecule has 1 aromatic carbocycles. The predicted molar refractivity (Wildman–Crippen MR) is 106 cm³/mol. The molecular formula is C20H15ClF3N5O. The highest BCUT2D eigenvalue weighted by Crippen LogP contribution is 2.38. The van der Waals surface area contributed by atoms with Crippen LogP contribution in [0.3, 0.4) is 0 Å². The zero-order chi connectivity index (χ0) is 21.3. The fraction of sp³-hybridized carbons (Fsp3) is 0.200. The minimum Gasteiger partial charge on any atom is -0.352 e. The molecule has 4 rings (SSSR count). The number of halogens is 4. The first-order chi connectivity index (χ1) is 14.4. The Morgan fingerprint density at radius 3 is 2.60 bits per heavy atom. The third-order valence-electron chi connectivity index (χ3n) is 4.64. The lowest BCUT2D eigenvalue weighted by Crippen LogP contribution is -2.25. The molecule has 1 atom stereocenters. The molecule has 6 nitrogen and oxygen atoms in total. The maximum Gasteiger partial charge on any atom is 0.293 e. The van der Waals surface area contributed by atoms with Crippen LogP contribution in [0, 0.1) is 11.6 Å². The van der Waals surface area contributed by atoms with Crippen molar-refractivity contribution in [3.05, 3.63) is 65.3 Å². The largest absolute Gasteiger partial charge is 0.352 e. The van der Waals surface area contributed by atoms with Crippen molar-refractivity contribution in [2.45, 2.75) is 12.6 Å². The summed E-state index contributed by atoms with van der Waals surface area (Å²) in [6.45, 7) is 0.436. The number of nitrogens with zero attached hydrogens (tertiary/aromatic N) is 4. The summed E-state index contributed by atoms with van der Waals surface area (Å²) in [5.41, 5.74) is 0.239. The second-order valence-electron chi connectivity index (χ2n) is 6.69. The fourth-order valence-corrected chi connectivity index (χ4v) is 3.35. The van der Waals surface area contributed by atoms with E-state index in [1.807, 2.05) is 0 Å². The average molecular weight is 434 g/mol. The molecule has 3 aromatic rings. The monoisotopic (exact) mass is 433 g/mol. The van der Waals surface area contributed by atoms with Crippen molar-refractivity contribution in [1.82, 2.24) is 15.0 Å². The van der Waals surface area contributed by atoms with E-state index in [0.717, 1.165) is 18.2 Å². The number of nitrogens with one attached hydrogen (secondary N) is 1. The summed E-state index contributed by atoms with van der Waals surface area (Å²) < 4.78 is 42.1. The quantitative estimate of drug-likeness (QED) is 0.665. The highest BCUT2D eigenvalue weighted by molar-refractivity contribution is 6.30. The van der Waals surface area contributed by atoms with Gasteiger partial charge in [0.25, 0.3) is 5.91 Å². The molecule has 1 unspecified atom stereocenters. The first-order valence-corrected chi connectivity index (χ1v) is 9.42. The minimum atomic E-state index is -1.05. The van der Waals surface area contributed by atoms with Crippen LogP contribution in [-0.4, -0.2) is 40.1 Å². The minimum absolute atomic E-state index is 0.0676. The number of hydrogen-bond acceptors (Lipinski definition) is 5. The van der Waals surface area contributed by atoms with Crippen LogP contribution in [0.2, 0.25) is 5.02 Å². The van der Waals surface area contributed by atoms with Gasteiger partial charge in [0, 0.05) is 36.3 Å². The molecular weight excluding hydrogens is 419 g/mol. The molecule has 1 saturated heterocycles. The molecule has 0 aliphatic carbocycles. The zero-order valence-electron chi connectivity index (χ0n) is 15.4. The van der Waals surface area contributed by atoms with Crippen LogP contribution in [-0.2, 0) is 0 Å². The summed E-state index contributed by atoms with van der Waals surface area (Å²) in [5.74, 6) is -1.96. The zero-order valence-corrected chi connectivity index (χ0v) is 16.2. The van der Waals surface area contributed by atoms with E-state index in [-0.39, 0.29) is 40.0 Å². The number of rotatable bonds is 4. The SMILES string of the molecule is O=C(Nc1c(-c2cc(F)ccc2F)ccnc1N1CCC(F)C1)c1ncc(Cl)cn1. The van der Waals surface area contributed by atoms with Crippen LogP contribution in [0.15, 0.2) is 42.9 Å². The van der Waals surface area contributed by atoms with Crippen LogP contribution in [0.4, 0.5) is 24.7 Å². The molecule has 154 valence electrons. The van der Waals surface area contributed by atoms with E-state index in [1.54, 1.807) is 4.90 Å². The number of pyridine rings is 1. The third kappa shape index (κ3) is 4.06. The summed E-state index contributed by atoms with van der Waals surface area (Å²) in [4.78, 5) is 26.4. The molecule has 0 radical (unpaired) electrons. The number of hydrogen-bond donors (Lipinski definition) is 1. The van der Waals surface area contributed by atoms with Gasteiger partial charge in [-0.25, -0.2) is 28.1 Å². The van der Waals surface area contributed by atoms with Crippen molar-refractivity contribution in [3.8, 4) is 11.1 Å². The van der Waals surface area contributed by atoms with Crippen LogP contribution in [0.5, 0.6) is 0 Å². The summed E-state index contributed by atoms with van der Waals surface area (Å²) >= 11 is 5.75. The van der Waals surface area contributed by atoms with Gasteiger partial charge in [0.2, 0.25) is 5.82 Å². The van der Waals surface area contributed by atoms with Gasteiger partial charge in [-0.1, -0.05) is 11.6 Å². The number of benzene rings is 1. The second-order valence-corrected chi connectivity index (χ2v) is 7.13. The predicted octanol–water partition coefficient (Wildman–Crippen LogP) is 4.27. The lowest BCUT2D eigenvalue weighted by atomic mass is 10.0. The lowest BCUT2D eigenvalue weighted by molar-refractivity contribution is 0.101. The maximum absolute atomic E-state index is 14.5. The lowest BCUT2D eigenvalue weighted by Gasteiger charge is -2.22. The Morgan fingerprint density at radius 1 is 1.13 bits per heavy atom. The molecule has 1 fully saturated rings. The molecule has 10 heteroatoms. The molecule has 3 heterocycles. The van der Waals surface area contributed by atoms with Gasteiger partial charge in [0.15, 0.2) is 5.82 Å². The van der Waals surface area contributed by atoms with E-state index >= 15 is 0 Å². The highest BCUT2D eigenvalue weighted by atomic mass is 35.5. The van der Waals surface area contributed by atoms with Gasteiger partial charge < -0.3 is 10.2 Å². The highest BCUT2D eigenvalue weighted by Gasteiger charge is 2.28. The molecule has 0 spiro atoms. The number of amides is 1. The number of aromatic nitrogens is 3. The van der Waals surface area contributed by atoms with Crippen molar-refractivity contribution in [2.24, 2.45) is 0 Å². The summed E-state index contributed by atoms with van der Waals surface area (Å²) in [6.07, 6.45) is 3.16. The average Bonchev–Trinajstić information content (AvgIpc) is 3.16. The van der Waals surface area contributed by atoms with E-state index in [4.69, 9.17) is 11.6 Å².